The van der Waals surface area contributed by atoms with Crippen molar-refractivity contribution < 1.29 is 14.7 Å². The van der Waals surface area contributed by atoms with Gasteiger partial charge in [0.25, 0.3) is 5.91 Å². The minimum Gasteiger partial charge on any atom is -0.481 e. The molecule has 2 rings (SSSR count). The van der Waals surface area contributed by atoms with E-state index < -0.39 is 23.3 Å². The summed E-state index contributed by atoms with van der Waals surface area (Å²) >= 11 is 0. The van der Waals surface area contributed by atoms with E-state index in [1.165, 1.54) is 18.5 Å². The molecule has 2 atom stereocenters. The fraction of sp³-hybridized carbons (Fsp3) is 0.500. The summed E-state index contributed by atoms with van der Waals surface area (Å²) in [4.78, 5) is 37.9. The van der Waals surface area contributed by atoms with Crippen molar-refractivity contribution in [3.8, 4) is 0 Å². The van der Waals surface area contributed by atoms with Crippen LogP contribution in [0.15, 0.2) is 23.3 Å². The van der Waals surface area contributed by atoms with E-state index in [4.69, 9.17) is 0 Å². The molecule has 0 aromatic carbocycles. The summed E-state index contributed by atoms with van der Waals surface area (Å²) in [6, 6.07) is 0.812. The number of carbonyl (C=O) groups is 2. The van der Waals surface area contributed by atoms with Crippen molar-refractivity contribution in [3.63, 3.8) is 0 Å². The lowest BCUT2D eigenvalue weighted by Gasteiger charge is -2.38. The Balaban J connectivity index is 2.20. The maximum absolute atomic E-state index is 12.1. The van der Waals surface area contributed by atoms with Gasteiger partial charge in [0, 0.05) is 24.5 Å². The van der Waals surface area contributed by atoms with Gasteiger partial charge in [0.15, 0.2) is 5.43 Å². The van der Waals surface area contributed by atoms with Gasteiger partial charge in [0.2, 0.25) is 0 Å². The van der Waals surface area contributed by atoms with Crippen LogP contribution in [0.2, 0.25) is 0 Å². The van der Waals surface area contributed by atoms with Crippen molar-refractivity contribution in [3.05, 3.63) is 34.2 Å². The molecule has 1 fully saturated rings. The smallest absolute Gasteiger partial charge is 0.311 e. The van der Waals surface area contributed by atoms with Crippen molar-refractivity contribution >= 4 is 11.9 Å². The van der Waals surface area contributed by atoms with Crippen molar-refractivity contribution in [2.75, 3.05) is 0 Å². The first-order valence-corrected chi connectivity index (χ1v) is 6.66. The van der Waals surface area contributed by atoms with Crippen LogP contribution in [0.4, 0.5) is 0 Å². The van der Waals surface area contributed by atoms with Gasteiger partial charge in [-0.15, -0.1) is 0 Å². The molecule has 0 radical (unpaired) electrons. The first kappa shape index (κ1) is 14.3. The lowest BCUT2D eigenvalue weighted by molar-refractivity contribution is -0.151. The minimum atomic E-state index is -0.977. The molecule has 20 heavy (non-hydrogen) atoms. The normalized spacial score (nSPS) is 25.9. The average molecular weight is 278 g/mol. The molecule has 0 spiro atoms. The van der Waals surface area contributed by atoms with Crippen LogP contribution in [0.25, 0.3) is 0 Å². The standard InChI is InChI=1S/C14H18N2O4/c1-14(13(19)20)6-3-2-4-11(14)16-12(18)9-8-15-7-5-10(9)17/h5,7-8,11H,2-4,6H2,1H3,(H,15,17)(H,16,18)(H,19,20). The number of hydrogen-bond donors (Lipinski definition) is 3. The Hall–Kier alpha value is -2.11. The zero-order chi connectivity index (χ0) is 14.8. The number of hydrogen-bond acceptors (Lipinski definition) is 3. The Kier molecular flexibility index (Phi) is 3.92. The highest BCUT2D eigenvalue weighted by Crippen LogP contribution is 2.36. The largest absolute Gasteiger partial charge is 0.481 e. The van der Waals surface area contributed by atoms with Crippen LogP contribution in [-0.4, -0.2) is 28.0 Å². The third-order valence-electron chi connectivity index (χ3n) is 4.07. The van der Waals surface area contributed by atoms with Crippen molar-refractivity contribution in [1.82, 2.24) is 10.3 Å². The van der Waals surface area contributed by atoms with E-state index in [1.807, 2.05) is 0 Å². The highest BCUT2D eigenvalue weighted by molar-refractivity contribution is 5.94. The monoisotopic (exact) mass is 278 g/mol. The zero-order valence-electron chi connectivity index (χ0n) is 11.3. The maximum atomic E-state index is 12.1. The molecule has 1 aromatic rings. The molecule has 1 aliphatic carbocycles. The van der Waals surface area contributed by atoms with Crippen LogP contribution in [0.5, 0.6) is 0 Å². The molecule has 2 unspecified atom stereocenters. The molecule has 1 amide bonds. The average Bonchev–Trinajstić information content (AvgIpc) is 2.41. The lowest BCUT2D eigenvalue weighted by atomic mass is 9.71. The lowest BCUT2D eigenvalue weighted by Crippen LogP contribution is -2.52. The molecule has 108 valence electrons. The van der Waals surface area contributed by atoms with Gasteiger partial charge in [-0.05, 0) is 19.8 Å². The van der Waals surface area contributed by atoms with Crippen LogP contribution in [-0.2, 0) is 4.79 Å². The molecule has 0 saturated heterocycles. The second kappa shape index (κ2) is 5.48. The second-order valence-electron chi connectivity index (χ2n) is 5.42. The summed E-state index contributed by atoms with van der Waals surface area (Å²) in [5.41, 5.74) is -1.35. The topological polar surface area (TPSA) is 99.3 Å². The van der Waals surface area contributed by atoms with Gasteiger partial charge in [0.1, 0.15) is 5.56 Å². The Bertz CT molecular complexity index is 581. The number of carboxylic acids is 1. The maximum Gasteiger partial charge on any atom is 0.311 e. The van der Waals surface area contributed by atoms with Crippen molar-refractivity contribution in [2.45, 2.75) is 38.6 Å². The molecular formula is C14H18N2O4. The Labute approximate surface area is 116 Å². The zero-order valence-corrected chi connectivity index (χ0v) is 11.3. The molecule has 1 aliphatic rings. The third-order valence-corrected chi connectivity index (χ3v) is 4.07. The van der Waals surface area contributed by atoms with E-state index in [0.717, 1.165) is 12.8 Å². The second-order valence-corrected chi connectivity index (χ2v) is 5.42. The fourth-order valence-electron chi connectivity index (χ4n) is 2.65. The van der Waals surface area contributed by atoms with Crippen molar-refractivity contribution in [2.24, 2.45) is 5.41 Å². The number of pyridine rings is 1. The molecule has 6 nitrogen and oxygen atoms in total. The number of nitrogens with one attached hydrogen (secondary N) is 2. The van der Waals surface area contributed by atoms with E-state index in [1.54, 1.807) is 6.92 Å². The van der Waals surface area contributed by atoms with E-state index >= 15 is 0 Å². The summed E-state index contributed by atoms with van der Waals surface area (Å²) in [5, 5.41) is 12.1. The fourth-order valence-corrected chi connectivity index (χ4v) is 2.65. The van der Waals surface area contributed by atoms with E-state index in [9.17, 15) is 19.5 Å². The number of aromatic nitrogens is 1. The summed E-state index contributed by atoms with van der Waals surface area (Å²) in [7, 11) is 0. The van der Waals surface area contributed by atoms with E-state index in [0.29, 0.717) is 12.8 Å². The highest BCUT2D eigenvalue weighted by atomic mass is 16.4. The molecule has 3 N–H and O–H groups in total. The molecular weight excluding hydrogens is 260 g/mol. The number of H-pyrrole nitrogens is 1. The Morgan fingerprint density at radius 2 is 2.20 bits per heavy atom. The number of carboxylic acid groups (broad SMARTS) is 1. The van der Waals surface area contributed by atoms with E-state index in [-0.39, 0.29) is 11.0 Å². The summed E-state index contributed by atoms with van der Waals surface area (Å²) in [5.74, 6) is -1.43. The number of aromatic amines is 1. The quantitative estimate of drug-likeness (QED) is 0.772. The van der Waals surface area contributed by atoms with Gasteiger partial charge in [-0.1, -0.05) is 12.8 Å². The number of amides is 1. The van der Waals surface area contributed by atoms with Gasteiger partial charge in [-0.25, -0.2) is 0 Å². The summed E-state index contributed by atoms with van der Waals surface area (Å²) < 4.78 is 0. The van der Waals surface area contributed by atoms with Gasteiger partial charge in [-0.3, -0.25) is 14.4 Å². The van der Waals surface area contributed by atoms with Crippen LogP contribution < -0.4 is 10.7 Å². The molecule has 1 heterocycles. The first-order chi connectivity index (χ1) is 9.45. The van der Waals surface area contributed by atoms with Crippen LogP contribution in [0.3, 0.4) is 0 Å². The van der Waals surface area contributed by atoms with Crippen LogP contribution in [0, 0.1) is 5.41 Å². The molecule has 1 saturated carbocycles. The van der Waals surface area contributed by atoms with E-state index in [2.05, 4.69) is 10.3 Å². The molecule has 0 bridgehead atoms. The molecule has 6 heteroatoms. The number of carbonyl (C=O) groups excluding carboxylic acids is 1. The number of rotatable bonds is 3. The number of aliphatic carboxylic acids is 1. The van der Waals surface area contributed by atoms with Crippen molar-refractivity contribution in [1.29, 1.82) is 0 Å². The van der Waals surface area contributed by atoms with Crippen LogP contribution in [0.1, 0.15) is 43.0 Å². The SMILES string of the molecule is CC1(C(=O)O)CCCCC1NC(=O)c1c[nH]ccc1=O. The van der Waals surface area contributed by atoms with Gasteiger partial charge in [-0.2, -0.15) is 0 Å². The third kappa shape index (κ3) is 2.59. The predicted octanol–water partition coefficient (Wildman–Crippen LogP) is 1.14. The van der Waals surface area contributed by atoms with Crippen LogP contribution >= 0.6 is 0 Å². The predicted molar refractivity (Wildman–Crippen MR) is 72.5 cm³/mol. The van der Waals surface area contributed by atoms with Gasteiger partial charge >= 0.3 is 5.97 Å². The Morgan fingerprint density at radius 3 is 2.85 bits per heavy atom. The molecule has 0 aliphatic heterocycles. The first-order valence-electron chi connectivity index (χ1n) is 6.66. The van der Waals surface area contributed by atoms with Gasteiger partial charge in [0.05, 0.1) is 5.41 Å². The Morgan fingerprint density at radius 1 is 1.45 bits per heavy atom. The minimum absolute atomic E-state index is 0.00538. The summed E-state index contributed by atoms with van der Waals surface area (Å²) in [6.07, 6.45) is 5.62. The van der Waals surface area contributed by atoms with Gasteiger partial charge < -0.3 is 15.4 Å². The highest BCUT2D eigenvalue weighted by Gasteiger charge is 2.44. The summed E-state index contributed by atoms with van der Waals surface area (Å²) in [6.45, 7) is 1.65. The molecule has 1 aromatic heterocycles.